The molecule has 0 radical (unpaired) electrons. The van der Waals surface area contributed by atoms with Crippen LogP contribution in [0.1, 0.15) is 30.4 Å². The quantitative estimate of drug-likeness (QED) is 0.828. The molecular weight excluding hydrogens is 263 g/mol. The van der Waals surface area contributed by atoms with Crippen molar-refractivity contribution >= 4 is 5.69 Å². The number of nitrogens with one attached hydrogen (secondary N) is 1. The number of rotatable bonds is 2. The van der Waals surface area contributed by atoms with E-state index in [4.69, 9.17) is 0 Å². The first kappa shape index (κ1) is 13.6. The normalized spacial score (nSPS) is 21.0. The lowest BCUT2D eigenvalue weighted by Crippen LogP contribution is -2.34. The molecule has 0 amide bonds. The van der Waals surface area contributed by atoms with E-state index in [1.807, 2.05) is 18.2 Å². The Balaban J connectivity index is 2.03. The van der Waals surface area contributed by atoms with Crippen LogP contribution < -0.4 is 5.32 Å². The number of nitriles is 1. The lowest BCUT2D eigenvalue weighted by Gasteiger charge is -2.29. The Morgan fingerprint density at radius 3 is 2.57 bits per heavy atom. The minimum Gasteiger partial charge on any atom is -0.364 e. The van der Waals surface area contributed by atoms with E-state index in [1.54, 1.807) is 12.1 Å². The van der Waals surface area contributed by atoms with Gasteiger partial charge < -0.3 is 5.32 Å². The van der Waals surface area contributed by atoms with Crippen molar-refractivity contribution in [2.24, 2.45) is 0 Å². The molecule has 0 heterocycles. The minimum atomic E-state index is -0.731. The summed E-state index contributed by atoms with van der Waals surface area (Å²) >= 11 is 0. The van der Waals surface area contributed by atoms with E-state index >= 15 is 0 Å². The van der Waals surface area contributed by atoms with Gasteiger partial charge >= 0.3 is 0 Å². The third-order valence-corrected chi connectivity index (χ3v) is 4.12. The Bertz CT molecular complexity index is 672. The van der Waals surface area contributed by atoms with E-state index in [-0.39, 0.29) is 5.82 Å². The second-order valence-electron chi connectivity index (χ2n) is 5.51. The van der Waals surface area contributed by atoms with Gasteiger partial charge in [-0.15, -0.1) is 0 Å². The molecule has 3 heteroatoms. The molecule has 3 rings (SSSR count). The molecular formula is C18H17FN2. The molecule has 0 aliphatic heterocycles. The van der Waals surface area contributed by atoms with Gasteiger partial charge in [0.25, 0.3) is 0 Å². The Morgan fingerprint density at radius 1 is 1.05 bits per heavy atom. The van der Waals surface area contributed by atoms with Crippen LogP contribution in [0.5, 0.6) is 0 Å². The number of anilines is 1. The molecule has 1 atom stereocenters. The average molecular weight is 280 g/mol. The van der Waals surface area contributed by atoms with Crippen LogP contribution in [-0.2, 0) is 12.0 Å². The Morgan fingerprint density at radius 2 is 1.81 bits per heavy atom. The second kappa shape index (κ2) is 5.57. The van der Waals surface area contributed by atoms with Crippen molar-refractivity contribution in [2.45, 2.75) is 31.2 Å². The topological polar surface area (TPSA) is 35.8 Å². The Hall–Kier alpha value is -2.34. The van der Waals surface area contributed by atoms with Gasteiger partial charge in [-0.1, -0.05) is 24.3 Å². The fraction of sp³-hybridized carbons (Fsp3) is 0.278. The number of hydrogen-bond acceptors (Lipinski definition) is 2. The van der Waals surface area contributed by atoms with Crippen LogP contribution in [0.3, 0.4) is 0 Å². The zero-order valence-electron chi connectivity index (χ0n) is 11.8. The maximum Gasteiger partial charge on any atom is 0.151 e. The number of halogens is 1. The van der Waals surface area contributed by atoms with Gasteiger partial charge in [-0.3, -0.25) is 0 Å². The highest BCUT2D eigenvalue weighted by Crippen LogP contribution is 2.36. The van der Waals surface area contributed by atoms with Crippen molar-refractivity contribution in [1.29, 1.82) is 5.26 Å². The highest BCUT2D eigenvalue weighted by atomic mass is 19.1. The monoisotopic (exact) mass is 280 g/mol. The molecule has 0 saturated carbocycles. The molecule has 0 spiro atoms. The maximum atomic E-state index is 13.1. The molecule has 0 saturated heterocycles. The summed E-state index contributed by atoms with van der Waals surface area (Å²) in [6.45, 7) is 0. The van der Waals surface area contributed by atoms with E-state index in [0.717, 1.165) is 36.9 Å². The number of fused-ring (bicyclic) bond motifs is 1. The maximum absolute atomic E-state index is 13.1. The highest BCUT2D eigenvalue weighted by Gasteiger charge is 2.35. The van der Waals surface area contributed by atoms with Crippen LogP contribution in [0.15, 0.2) is 48.5 Å². The summed E-state index contributed by atoms with van der Waals surface area (Å²) in [7, 11) is 0. The number of hydrogen-bond donors (Lipinski definition) is 1. The molecule has 0 bridgehead atoms. The van der Waals surface area contributed by atoms with Crippen molar-refractivity contribution in [1.82, 2.24) is 0 Å². The first-order valence-electron chi connectivity index (χ1n) is 7.27. The van der Waals surface area contributed by atoms with Crippen LogP contribution in [0, 0.1) is 17.1 Å². The van der Waals surface area contributed by atoms with Crippen molar-refractivity contribution in [3.8, 4) is 6.07 Å². The molecule has 2 aromatic rings. The zero-order valence-corrected chi connectivity index (χ0v) is 11.8. The fourth-order valence-corrected chi connectivity index (χ4v) is 3.05. The van der Waals surface area contributed by atoms with Crippen molar-refractivity contribution < 1.29 is 4.39 Å². The summed E-state index contributed by atoms with van der Waals surface area (Å²) in [5.41, 5.74) is 2.32. The summed E-state index contributed by atoms with van der Waals surface area (Å²) in [4.78, 5) is 0. The third-order valence-electron chi connectivity index (χ3n) is 4.12. The lowest BCUT2D eigenvalue weighted by atomic mass is 9.85. The van der Waals surface area contributed by atoms with Crippen LogP contribution in [-0.4, -0.2) is 0 Å². The number of nitrogens with zero attached hydrogens (tertiary/aromatic N) is 1. The SMILES string of the molecule is N#CC1(Nc2ccc(F)cc2)CCCCc2ccccc21. The summed E-state index contributed by atoms with van der Waals surface area (Å²) in [5, 5.41) is 13.2. The molecule has 1 N–H and O–H groups in total. The van der Waals surface area contributed by atoms with E-state index in [0.29, 0.717) is 0 Å². The summed E-state index contributed by atoms with van der Waals surface area (Å²) in [6.07, 6.45) is 3.85. The summed E-state index contributed by atoms with van der Waals surface area (Å²) in [5.74, 6) is -0.271. The van der Waals surface area contributed by atoms with Crippen LogP contribution in [0.25, 0.3) is 0 Å². The molecule has 0 aromatic heterocycles. The van der Waals surface area contributed by atoms with Gasteiger partial charge in [-0.2, -0.15) is 5.26 Å². The zero-order chi connectivity index (χ0) is 14.7. The van der Waals surface area contributed by atoms with Gasteiger partial charge in [0.2, 0.25) is 0 Å². The van der Waals surface area contributed by atoms with Gasteiger partial charge in [0.05, 0.1) is 6.07 Å². The lowest BCUT2D eigenvalue weighted by molar-refractivity contribution is 0.547. The molecule has 2 aromatic carbocycles. The molecule has 0 fully saturated rings. The average Bonchev–Trinajstić information content (AvgIpc) is 2.70. The minimum absolute atomic E-state index is 0.271. The van der Waals surface area contributed by atoms with E-state index in [9.17, 15) is 9.65 Å². The molecule has 1 aliphatic rings. The van der Waals surface area contributed by atoms with Crippen LogP contribution >= 0.6 is 0 Å². The van der Waals surface area contributed by atoms with E-state index < -0.39 is 5.54 Å². The first-order chi connectivity index (χ1) is 10.2. The molecule has 1 aliphatic carbocycles. The molecule has 106 valence electrons. The molecule has 21 heavy (non-hydrogen) atoms. The van der Waals surface area contributed by atoms with Gasteiger partial charge in [-0.25, -0.2) is 4.39 Å². The van der Waals surface area contributed by atoms with Crippen molar-refractivity contribution in [3.05, 3.63) is 65.5 Å². The first-order valence-corrected chi connectivity index (χ1v) is 7.27. The van der Waals surface area contributed by atoms with Gasteiger partial charge in [0, 0.05) is 5.69 Å². The van der Waals surface area contributed by atoms with Crippen LogP contribution in [0.4, 0.5) is 10.1 Å². The highest BCUT2D eigenvalue weighted by molar-refractivity contribution is 5.53. The summed E-state index contributed by atoms with van der Waals surface area (Å²) in [6, 6.07) is 16.8. The standard InChI is InChI=1S/C18H17FN2/c19-15-8-10-16(11-9-15)21-18(13-20)12-4-3-6-14-5-1-2-7-17(14)18/h1-2,5,7-11,21H,3-4,6,12H2. The molecule has 1 unspecified atom stereocenters. The second-order valence-corrected chi connectivity index (χ2v) is 5.51. The smallest absolute Gasteiger partial charge is 0.151 e. The third kappa shape index (κ3) is 2.62. The predicted molar refractivity (Wildman–Crippen MR) is 81.3 cm³/mol. The van der Waals surface area contributed by atoms with Gasteiger partial charge in [-0.05, 0) is 61.1 Å². The Labute approximate surface area is 124 Å². The Kier molecular flexibility index (Phi) is 3.62. The largest absolute Gasteiger partial charge is 0.364 e. The number of benzene rings is 2. The molecule has 2 nitrogen and oxygen atoms in total. The van der Waals surface area contributed by atoms with Crippen LogP contribution in [0.2, 0.25) is 0 Å². The van der Waals surface area contributed by atoms with Gasteiger partial charge in [0.15, 0.2) is 5.54 Å². The van der Waals surface area contributed by atoms with E-state index in [2.05, 4.69) is 17.5 Å². The predicted octanol–water partition coefficient (Wildman–Crippen LogP) is 4.38. The summed E-state index contributed by atoms with van der Waals surface area (Å²) < 4.78 is 13.1. The van der Waals surface area contributed by atoms with Crippen molar-refractivity contribution in [3.63, 3.8) is 0 Å². The number of aryl methyl sites for hydroxylation is 1. The van der Waals surface area contributed by atoms with Crippen molar-refractivity contribution in [2.75, 3.05) is 5.32 Å². The fourth-order valence-electron chi connectivity index (χ4n) is 3.05. The van der Waals surface area contributed by atoms with E-state index in [1.165, 1.54) is 17.7 Å². The van der Waals surface area contributed by atoms with Gasteiger partial charge in [0.1, 0.15) is 5.82 Å².